The van der Waals surface area contributed by atoms with Gasteiger partial charge in [-0.15, -0.1) is 0 Å². The third-order valence-electron chi connectivity index (χ3n) is 4.04. The highest BCUT2D eigenvalue weighted by Gasteiger charge is 2.28. The van der Waals surface area contributed by atoms with Crippen LogP contribution in [0.25, 0.3) is 0 Å². The quantitative estimate of drug-likeness (QED) is 0.785. The molecule has 4 nitrogen and oxygen atoms in total. The number of carbonyl (C=O) groups excluding carboxylic acids is 1. The number of carbonyl (C=O) groups is 2. The second-order valence-corrected chi connectivity index (χ2v) is 5.67. The fourth-order valence-corrected chi connectivity index (χ4v) is 2.96. The van der Waals surface area contributed by atoms with Gasteiger partial charge in [-0.1, -0.05) is 30.3 Å². The number of benzene rings is 1. The van der Waals surface area contributed by atoms with Crippen molar-refractivity contribution in [1.29, 1.82) is 0 Å². The molecule has 1 fully saturated rings. The highest BCUT2D eigenvalue weighted by Crippen LogP contribution is 2.22. The molecule has 0 bridgehead atoms. The zero-order valence-corrected chi connectivity index (χ0v) is 12.3. The molecule has 1 unspecified atom stereocenters. The predicted molar refractivity (Wildman–Crippen MR) is 81.0 cm³/mol. The molecule has 2 rings (SSSR count). The lowest BCUT2D eigenvalue weighted by Gasteiger charge is -2.25. The summed E-state index contributed by atoms with van der Waals surface area (Å²) in [6.07, 6.45) is 4.92. The summed E-state index contributed by atoms with van der Waals surface area (Å²) in [5, 5.41) is 8.60. The Morgan fingerprint density at radius 2 is 1.86 bits per heavy atom. The van der Waals surface area contributed by atoms with Crippen LogP contribution in [0.1, 0.15) is 44.1 Å². The summed E-state index contributed by atoms with van der Waals surface area (Å²) >= 11 is 0. The number of hydrogen-bond acceptors (Lipinski definition) is 2. The van der Waals surface area contributed by atoms with E-state index in [4.69, 9.17) is 5.11 Å². The summed E-state index contributed by atoms with van der Waals surface area (Å²) in [5.41, 5.74) is 1.27. The van der Waals surface area contributed by atoms with Crippen molar-refractivity contribution in [1.82, 2.24) is 4.90 Å². The molecular formula is C17H23NO3. The van der Waals surface area contributed by atoms with E-state index in [0.717, 1.165) is 25.8 Å². The molecule has 1 heterocycles. The molecule has 0 aliphatic carbocycles. The number of aliphatic carboxylic acids is 1. The normalized spacial score (nSPS) is 17.9. The van der Waals surface area contributed by atoms with Crippen molar-refractivity contribution in [2.75, 3.05) is 6.54 Å². The van der Waals surface area contributed by atoms with Crippen molar-refractivity contribution in [2.24, 2.45) is 0 Å². The summed E-state index contributed by atoms with van der Waals surface area (Å²) in [6.45, 7) is 0.843. The molecule has 1 aromatic rings. The van der Waals surface area contributed by atoms with Gasteiger partial charge in [0.1, 0.15) is 0 Å². The monoisotopic (exact) mass is 289 g/mol. The molecule has 21 heavy (non-hydrogen) atoms. The van der Waals surface area contributed by atoms with Gasteiger partial charge in [0.2, 0.25) is 5.91 Å². The number of rotatable bonds is 7. The van der Waals surface area contributed by atoms with E-state index in [-0.39, 0.29) is 12.3 Å². The zero-order chi connectivity index (χ0) is 15.1. The average molecular weight is 289 g/mol. The van der Waals surface area contributed by atoms with Gasteiger partial charge in [-0.05, 0) is 37.7 Å². The second-order valence-electron chi connectivity index (χ2n) is 5.67. The van der Waals surface area contributed by atoms with Crippen molar-refractivity contribution in [2.45, 2.75) is 51.0 Å². The standard InChI is InChI=1S/C17H23NO3/c19-16(10-4-5-11-17(20)21)18-12-6-9-15(18)13-14-7-2-1-3-8-14/h1-3,7-8,15H,4-6,9-13H2,(H,20,21). The van der Waals surface area contributed by atoms with Crippen LogP contribution in [0.15, 0.2) is 30.3 Å². The largest absolute Gasteiger partial charge is 0.481 e. The first-order chi connectivity index (χ1) is 10.2. The molecule has 0 saturated carbocycles. The molecule has 1 aromatic carbocycles. The van der Waals surface area contributed by atoms with Crippen LogP contribution in [0, 0.1) is 0 Å². The molecule has 0 radical (unpaired) electrons. The lowest BCUT2D eigenvalue weighted by molar-refractivity contribution is -0.137. The Bertz CT molecular complexity index is 472. The predicted octanol–water partition coefficient (Wildman–Crippen LogP) is 2.87. The van der Waals surface area contributed by atoms with Crippen molar-refractivity contribution >= 4 is 11.9 Å². The second kappa shape index (κ2) is 7.81. The van der Waals surface area contributed by atoms with Crippen molar-refractivity contribution in [3.05, 3.63) is 35.9 Å². The van der Waals surface area contributed by atoms with Gasteiger partial charge in [0.25, 0.3) is 0 Å². The third kappa shape index (κ3) is 4.88. The van der Waals surface area contributed by atoms with Gasteiger partial charge < -0.3 is 10.0 Å². The van der Waals surface area contributed by atoms with Gasteiger partial charge in [-0.2, -0.15) is 0 Å². The van der Waals surface area contributed by atoms with E-state index < -0.39 is 5.97 Å². The Morgan fingerprint density at radius 3 is 2.57 bits per heavy atom. The lowest BCUT2D eigenvalue weighted by atomic mass is 10.0. The number of hydrogen-bond donors (Lipinski definition) is 1. The number of nitrogens with zero attached hydrogens (tertiary/aromatic N) is 1. The van der Waals surface area contributed by atoms with Gasteiger partial charge in [-0.25, -0.2) is 0 Å². The highest BCUT2D eigenvalue weighted by molar-refractivity contribution is 5.77. The molecular weight excluding hydrogens is 266 g/mol. The first-order valence-corrected chi connectivity index (χ1v) is 7.72. The van der Waals surface area contributed by atoms with E-state index in [2.05, 4.69) is 12.1 Å². The summed E-state index contributed by atoms with van der Waals surface area (Å²) in [7, 11) is 0. The lowest BCUT2D eigenvalue weighted by Crippen LogP contribution is -2.36. The topological polar surface area (TPSA) is 57.6 Å². The number of likely N-dealkylation sites (tertiary alicyclic amines) is 1. The van der Waals surface area contributed by atoms with Crippen molar-refractivity contribution < 1.29 is 14.7 Å². The molecule has 1 saturated heterocycles. The van der Waals surface area contributed by atoms with Crippen LogP contribution in [0.3, 0.4) is 0 Å². The SMILES string of the molecule is O=C(O)CCCCC(=O)N1CCCC1Cc1ccccc1. The van der Waals surface area contributed by atoms with E-state index in [1.807, 2.05) is 23.1 Å². The van der Waals surface area contributed by atoms with Gasteiger partial charge in [0.05, 0.1) is 0 Å². The van der Waals surface area contributed by atoms with Crippen LogP contribution < -0.4 is 0 Å². The van der Waals surface area contributed by atoms with Crippen LogP contribution in [0.4, 0.5) is 0 Å². The summed E-state index contributed by atoms with van der Waals surface area (Å²) < 4.78 is 0. The van der Waals surface area contributed by atoms with E-state index in [1.165, 1.54) is 5.56 Å². The van der Waals surface area contributed by atoms with Gasteiger partial charge >= 0.3 is 5.97 Å². The Balaban J connectivity index is 1.80. The average Bonchev–Trinajstić information content (AvgIpc) is 2.92. The van der Waals surface area contributed by atoms with Crippen molar-refractivity contribution in [3.63, 3.8) is 0 Å². The number of carboxylic acid groups (broad SMARTS) is 1. The minimum Gasteiger partial charge on any atom is -0.481 e. The molecule has 0 spiro atoms. The molecule has 1 atom stereocenters. The van der Waals surface area contributed by atoms with Crippen molar-refractivity contribution in [3.8, 4) is 0 Å². The maximum absolute atomic E-state index is 12.3. The van der Waals surface area contributed by atoms with Crippen LogP contribution in [0.2, 0.25) is 0 Å². The molecule has 1 aliphatic rings. The summed E-state index contributed by atoms with van der Waals surface area (Å²) in [4.78, 5) is 24.7. The molecule has 114 valence electrons. The molecule has 1 aliphatic heterocycles. The first-order valence-electron chi connectivity index (χ1n) is 7.72. The van der Waals surface area contributed by atoms with E-state index >= 15 is 0 Å². The number of carboxylic acids is 1. The molecule has 1 N–H and O–H groups in total. The van der Waals surface area contributed by atoms with E-state index in [1.54, 1.807) is 0 Å². The number of amides is 1. The van der Waals surface area contributed by atoms with Gasteiger partial charge in [-0.3, -0.25) is 9.59 Å². The highest BCUT2D eigenvalue weighted by atomic mass is 16.4. The van der Waals surface area contributed by atoms with E-state index in [9.17, 15) is 9.59 Å². The van der Waals surface area contributed by atoms with Gasteiger partial charge in [0.15, 0.2) is 0 Å². The Morgan fingerprint density at radius 1 is 1.14 bits per heavy atom. The minimum atomic E-state index is -0.787. The van der Waals surface area contributed by atoms with Crippen LogP contribution in [-0.4, -0.2) is 34.5 Å². The number of unbranched alkanes of at least 4 members (excludes halogenated alkanes) is 1. The third-order valence-corrected chi connectivity index (χ3v) is 4.04. The van der Waals surface area contributed by atoms with Crippen LogP contribution >= 0.6 is 0 Å². The Labute approximate surface area is 125 Å². The Hall–Kier alpha value is -1.84. The van der Waals surface area contributed by atoms with Gasteiger partial charge in [0, 0.05) is 25.4 Å². The maximum atomic E-state index is 12.3. The smallest absolute Gasteiger partial charge is 0.303 e. The zero-order valence-electron chi connectivity index (χ0n) is 12.3. The van der Waals surface area contributed by atoms with Crippen LogP contribution in [0.5, 0.6) is 0 Å². The minimum absolute atomic E-state index is 0.153. The summed E-state index contributed by atoms with van der Waals surface area (Å²) in [5.74, 6) is -0.607. The first kappa shape index (κ1) is 15.5. The maximum Gasteiger partial charge on any atom is 0.303 e. The van der Waals surface area contributed by atoms with E-state index in [0.29, 0.717) is 25.3 Å². The fraction of sp³-hybridized carbons (Fsp3) is 0.529. The Kier molecular flexibility index (Phi) is 5.78. The molecule has 4 heteroatoms. The molecule has 1 amide bonds. The summed E-state index contributed by atoms with van der Waals surface area (Å²) in [6, 6.07) is 10.6. The van der Waals surface area contributed by atoms with Crippen LogP contribution in [-0.2, 0) is 16.0 Å². The fourth-order valence-electron chi connectivity index (χ4n) is 2.96. The molecule has 0 aromatic heterocycles.